The summed E-state index contributed by atoms with van der Waals surface area (Å²) in [5, 5.41) is 14.4. The van der Waals surface area contributed by atoms with Gasteiger partial charge in [-0.2, -0.15) is 10.2 Å². The van der Waals surface area contributed by atoms with Crippen molar-refractivity contribution < 1.29 is 0 Å². The van der Waals surface area contributed by atoms with Crippen LogP contribution in [0.4, 0.5) is 0 Å². The van der Waals surface area contributed by atoms with E-state index in [2.05, 4.69) is 20.6 Å². The molecular weight excluding hydrogens is 238 g/mol. The van der Waals surface area contributed by atoms with E-state index in [4.69, 9.17) is 0 Å². The van der Waals surface area contributed by atoms with Crippen molar-refractivity contribution in [3.8, 4) is 5.69 Å². The van der Waals surface area contributed by atoms with Crippen molar-refractivity contribution in [1.82, 2.24) is 25.3 Å². The quantitative estimate of drug-likeness (QED) is 0.730. The van der Waals surface area contributed by atoms with Crippen LogP contribution in [0.1, 0.15) is 11.1 Å². The molecule has 0 aliphatic carbocycles. The second kappa shape index (κ2) is 5.49. The molecule has 0 spiro atoms. The molecule has 1 aromatic carbocycles. The molecule has 0 aliphatic rings. The maximum atomic E-state index is 4.36. The van der Waals surface area contributed by atoms with Crippen molar-refractivity contribution in [3.05, 3.63) is 66.2 Å². The van der Waals surface area contributed by atoms with E-state index in [1.54, 1.807) is 0 Å². The van der Waals surface area contributed by atoms with Crippen LogP contribution in [-0.4, -0.2) is 20.0 Å². The zero-order valence-corrected chi connectivity index (χ0v) is 10.5. The average Bonchev–Trinajstić information content (AvgIpc) is 3.11. The van der Waals surface area contributed by atoms with Gasteiger partial charge < -0.3 is 5.32 Å². The van der Waals surface area contributed by atoms with Gasteiger partial charge in [0.15, 0.2) is 0 Å². The van der Waals surface area contributed by atoms with Crippen LogP contribution in [0.15, 0.2) is 55.1 Å². The standard InChI is InChI=1S/C14H15N5/c1-2-4-14(5-3-1)19-11-13(10-18-19)7-15-6-12-8-16-17-9-12/h1-5,8-11,15H,6-7H2,(H,16,17). The highest BCUT2D eigenvalue weighted by molar-refractivity contribution is 5.30. The van der Waals surface area contributed by atoms with Gasteiger partial charge in [-0.15, -0.1) is 0 Å². The first-order valence-electron chi connectivity index (χ1n) is 6.19. The Kier molecular flexibility index (Phi) is 3.38. The van der Waals surface area contributed by atoms with Gasteiger partial charge in [-0.3, -0.25) is 5.10 Å². The first-order valence-corrected chi connectivity index (χ1v) is 6.19. The predicted octanol–water partition coefficient (Wildman–Crippen LogP) is 1.89. The van der Waals surface area contributed by atoms with E-state index >= 15 is 0 Å². The third-order valence-electron chi connectivity index (χ3n) is 2.87. The summed E-state index contributed by atoms with van der Waals surface area (Å²) in [5.41, 5.74) is 3.38. The third kappa shape index (κ3) is 2.89. The minimum absolute atomic E-state index is 0.790. The number of hydrogen-bond acceptors (Lipinski definition) is 3. The number of rotatable bonds is 5. The highest BCUT2D eigenvalue weighted by atomic mass is 15.3. The Balaban J connectivity index is 1.59. The van der Waals surface area contributed by atoms with Gasteiger partial charge in [0, 0.05) is 36.6 Å². The molecule has 0 fully saturated rings. The lowest BCUT2D eigenvalue weighted by atomic mass is 10.3. The minimum Gasteiger partial charge on any atom is -0.308 e. The lowest BCUT2D eigenvalue weighted by Gasteiger charge is -2.00. The molecule has 0 saturated heterocycles. The molecule has 5 nitrogen and oxygen atoms in total. The van der Waals surface area contributed by atoms with Gasteiger partial charge in [-0.1, -0.05) is 18.2 Å². The summed E-state index contributed by atoms with van der Waals surface area (Å²) >= 11 is 0. The van der Waals surface area contributed by atoms with Gasteiger partial charge in [-0.25, -0.2) is 4.68 Å². The van der Waals surface area contributed by atoms with Crippen LogP contribution in [0.3, 0.4) is 0 Å². The number of H-pyrrole nitrogens is 1. The van der Waals surface area contributed by atoms with Crippen molar-refractivity contribution in [2.45, 2.75) is 13.1 Å². The van der Waals surface area contributed by atoms with E-state index in [9.17, 15) is 0 Å². The molecule has 96 valence electrons. The Morgan fingerprint density at radius 1 is 1.05 bits per heavy atom. The molecule has 0 aliphatic heterocycles. The Labute approximate surface area is 111 Å². The Morgan fingerprint density at radius 2 is 1.89 bits per heavy atom. The van der Waals surface area contributed by atoms with Crippen molar-refractivity contribution in [1.29, 1.82) is 0 Å². The molecule has 0 amide bonds. The minimum atomic E-state index is 0.790. The summed E-state index contributed by atoms with van der Waals surface area (Å²) in [6.45, 7) is 1.59. The van der Waals surface area contributed by atoms with Crippen LogP contribution in [0, 0.1) is 0 Å². The van der Waals surface area contributed by atoms with E-state index in [0.717, 1.165) is 29.9 Å². The Hall–Kier alpha value is -2.40. The van der Waals surface area contributed by atoms with Gasteiger partial charge in [0.05, 0.1) is 18.1 Å². The smallest absolute Gasteiger partial charge is 0.0645 e. The molecule has 3 aromatic rings. The van der Waals surface area contributed by atoms with Gasteiger partial charge in [0.25, 0.3) is 0 Å². The summed E-state index contributed by atoms with van der Waals surface area (Å²) in [5.74, 6) is 0. The van der Waals surface area contributed by atoms with Gasteiger partial charge in [-0.05, 0) is 12.1 Å². The zero-order valence-electron chi connectivity index (χ0n) is 10.5. The van der Waals surface area contributed by atoms with E-state index in [1.165, 1.54) is 0 Å². The predicted molar refractivity (Wildman–Crippen MR) is 72.7 cm³/mol. The molecule has 2 heterocycles. The van der Waals surface area contributed by atoms with Crippen LogP contribution in [0.2, 0.25) is 0 Å². The lowest BCUT2D eigenvalue weighted by molar-refractivity contribution is 0.693. The van der Waals surface area contributed by atoms with Gasteiger partial charge in [0.1, 0.15) is 0 Å². The highest BCUT2D eigenvalue weighted by Gasteiger charge is 2.00. The summed E-state index contributed by atoms with van der Waals surface area (Å²) in [7, 11) is 0. The molecule has 2 N–H and O–H groups in total. The lowest BCUT2D eigenvalue weighted by Crippen LogP contribution is -2.11. The average molecular weight is 253 g/mol. The summed E-state index contributed by atoms with van der Waals surface area (Å²) in [6, 6.07) is 10.1. The maximum Gasteiger partial charge on any atom is 0.0645 e. The monoisotopic (exact) mass is 253 g/mol. The number of para-hydroxylation sites is 1. The molecule has 0 atom stereocenters. The maximum absolute atomic E-state index is 4.36. The largest absolute Gasteiger partial charge is 0.308 e. The van der Waals surface area contributed by atoms with Gasteiger partial charge >= 0.3 is 0 Å². The highest BCUT2D eigenvalue weighted by Crippen LogP contribution is 2.07. The second-order valence-corrected chi connectivity index (χ2v) is 4.34. The van der Waals surface area contributed by atoms with Crippen molar-refractivity contribution >= 4 is 0 Å². The van der Waals surface area contributed by atoms with Crippen molar-refractivity contribution in [2.75, 3.05) is 0 Å². The molecule has 5 heteroatoms. The number of nitrogens with zero attached hydrogens (tertiary/aromatic N) is 3. The fraction of sp³-hybridized carbons (Fsp3) is 0.143. The fourth-order valence-electron chi connectivity index (χ4n) is 1.90. The topological polar surface area (TPSA) is 58.5 Å². The van der Waals surface area contributed by atoms with E-state index in [1.807, 2.05) is 59.8 Å². The first-order chi connectivity index (χ1) is 9.42. The van der Waals surface area contributed by atoms with Gasteiger partial charge in [0.2, 0.25) is 0 Å². The van der Waals surface area contributed by atoms with Crippen LogP contribution < -0.4 is 5.32 Å². The number of benzene rings is 1. The zero-order chi connectivity index (χ0) is 12.9. The molecule has 2 aromatic heterocycles. The van der Waals surface area contributed by atoms with E-state index < -0.39 is 0 Å². The normalized spacial score (nSPS) is 10.7. The second-order valence-electron chi connectivity index (χ2n) is 4.34. The molecule has 0 radical (unpaired) electrons. The SMILES string of the molecule is c1ccc(-n2cc(CNCc3cn[nH]c3)cn2)cc1. The van der Waals surface area contributed by atoms with Crippen molar-refractivity contribution in [3.63, 3.8) is 0 Å². The summed E-state index contributed by atoms with van der Waals surface area (Å²) in [4.78, 5) is 0. The Morgan fingerprint density at radius 3 is 2.68 bits per heavy atom. The fourth-order valence-corrected chi connectivity index (χ4v) is 1.90. The first kappa shape index (κ1) is 11.7. The summed E-state index contributed by atoms with van der Waals surface area (Å²) in [6.07, 6.45) is 7.63. The van der Waals surface area contributed by atoms with E-state index in [-0.39, 0.29) is 0 Å². The molecule has 3 rings (SSSR count). The van der Waals surface area contributed by atoms with Crippen molar-refractivity contribution in [2.24, 2.45) is 0 Å². The summed E-state index contributed by atoms with van der Waals surface area (Å²) < 4.78 is 1.88. The number of aromatic nitrogens is 4. The molecular formula is C14H15N5. The number of nitrogens with one attached hydrogen (secondary N) is 2. The molecule has 0 unspecified atom stereocenters. The third-order valence-corrected chi connectivity index (χ3v) is 2.87. The molecule has 19 heavy (non-hydrogen) atoms. The van der Waals surface area contributed by atoms with E-state index in [0.29, 0.717) is 0 Å². The van der Waals surface area contributed by atoms with Crippen LogP contribution in [0.25, 0.3) is 5.69 Å². The molecule has 0 saturated carbocycles. The van der Waals surface area contributed by atoms with Crippen LogP contribution >= 0.6 is 0 Å². The molecule has 0 bridgehead atoms. The number of hydrogen-bond donors (Lipinski definition) is 2. The Bertz CT molecular complexity index is 612. The number of aromatic amines is 1. The van der Waals surface area contributed by atoms with Crippen LogP contribution in [0.5, 0.6) is 0 Å². The van der Waals surface area contributed by atoms with Crippen LogP contribution in [-0.2, 0) is 13.1 Å².